The zero-order valence-electron chi connectivity index (χ0n) is 22.7. The van der Waals surface area contributed by atoms with E-state index in [0.717, 1.165) is 30.2 Å². The van der Waals surface area contributed by atoms with Crippen LogP contribution in [0.1, 0.15) is 89.3 Å². The summed E-state index contributed by atoms with van der Waals surface area (Å²) < 4.78 is 7.08. The molecule has 6 rings (SSSR count). The normalized spacial score (nSPS) is 31.7. The van der Waals surface area contributed by atoms with Gasteiger partial charge in [0.25, 0.3) is 5.56 Å². The molecule has 4 fully saturated rings. The molecule has 204 valence electrons. The summed E-state index contributed by atoms with van der Waals surface area (Å²) in [6.45, 7) is 1.90. The monoisotopic (exact) mass is 520 g/mol. The Morgan fingerprint density at radius 2 is 1.63 bits per heavy atom. The van der Waals surface area contributed by atoms with E-state index >= 15 is 0 Å². The number of benzene rings is 1. The molecule has 2 saturated heterocycles. The SMILES string of the molecule is CCOC(=O)/C(=N\OC)c1nc2ccccc2n([C@@H]2CC3CC[C@H](C2)N3C2CC3CCCCC(C3)C2)c1=O. The minimum absolute atomic E-state index is 0.00451. The van der Waals surface area contributed by atoms with E-state index in [1.54, 1.807) is 6.92 Å². The Bertz CT molecular complexity index is 1240. The molecule has 0 radical (unpaired) electrons. The molecule has 3 heterocycles. The predicted molar refractivity (Wildman–Crippen MR) is 146 cm³/mol. The average Bonchev–Trinajstić information content (AvgIpc) is 3.07. The highest BCUT2D eigenvalue weighted by molar-refractivity contribution is 6.42. The van der Waals surface area contributed by atoms with Crippen LogP contribution in [0.25, 0.3) is 11.0 Å². The van der Waals surface area contributed by atoms with Gasteiger partial charge in [0.05, 0.1) is 17.6 Å². The van der Waals surface area contributed by atoms with E-state index in [1.807, 2.05) is 28.8 Å². The highest BCUT2D eigenvalue weighted by Crippen LogP contribution is 2.47. The number of hydrogen-bond donors (Lipinski definition) is 0. The van der Waals surface area contributed by atoms with Crippen LogP contribution >= 0.6 is 0 Å². The lowest BCUT2D eigenvalue weighted by Gasteiger charge is -2.48. The summed E-state index contributed by atoms with van der Waals surface area (Å²) >= 11 is 0. The van der Waals surface area contributed by atoms with Gasteiger partial charge in [-0.15, -0.1) is 0 Å². The number of aromatic nitrogens is 2. The number of hydrogen-bond acceptors (Lipinski definition) is 7. The molecule has 0 spiro atoms. The Morgan fingerprint density at radius 1 is 0.947 bits per heavy atom. The lowest BCUT2D eigenvalue weighted by Crippen LogP contribution is -2.52. The third-order valence-corrected chi connectivity index (χ3v) is 9.57. The van der Waals surface area contributed by atoms with Crippen LogP contribution < -0.4 is 5.56 Å². The molecule has 3 unspecified atom stereocenters. The summed E-state index contributed by atoms with van der Waals surface area (Å²) in [5.41, 5.74) is 0.998. The quantitative estimate of drug-likeness (QED) is 0.308. The molecule has 0 N–H and O–H groups in total. The summed E-state index contributed by atoms with van der Waals surface area (Å²) in [5.74, 6) is 1.09. The first kappa shape index (κ1) is 25.5. The topological polar surface area (TPSA) is 86.0 Å². The van der Waals surface area contributed by atoms with Crippen LogP contribution in [0.3, 0.4) is 0 Å². The molecule has 2 saturated carbocycles. The van der Waals surface area contributed by atoms with Gasteiger partial charge in [-0.1, -0.05) is 43.0 Å². The van der Waals surface area contributed by atoms with Crippen molar-refractivity contribution in [2.24, 2.45) is 17.0 Å². The molecular formula is C30H40N4O4. The van der Waals surface area contributed by atoms with Gasteiger partial charge in [0, 0.05) is 24.2 Å². The Kier molecular flexibility index (Phi) is 7.25. The standard InChI is InChI=1S/C30H40N4O4/c1-3-38-30(36)28(32-37-2)27-29(35)34(26-11-7-6-10-25(26)31-27)24-17-21-12-13-22(18-24)33(21)23-15-19-8-4-5-9-20(14-19)16-23/h6-7,10-11,19-24H,3-5,8-9,12-18H2,1-2H3/b32-28-/t19?,20?,21-,22?,23?,24+/m1/s1. The van der Waals surface area contributed by atoms with Crippen LogP contribution in [-0.4, -0.2) is 58.0 Å². The number of carbonyl (C=O) groups excluding carboxylic acids is 1. The maximum Gasteiger partial charge on any atom is 0.362 e. The van der Waals surface area contributed by atoms with E-state index in [2.05, 4.69) is 15.0 Å². The molecule has 1 aromatic heterocycles. The van der Waals surface area contributed by atoms with Gasteiger partial charge in [0.15, 0.2) is 5.69 Å². The van der Waals surface area contributed by atoms with Crippen LogP contribution in [0.2, 0.25) is 0 Å². The van der Waals surface area contributed by atoms with Crippen molar-refractivity contribution >= 4 is 22.7 Å². The third-order valence-electron chi connectivity index (χ3n) is 9.57. The maximum absolute atomic E-state index is 14.0. The number of oxime groups is 1. The fourth-order valence-corrected chi connectivity index (χ4v) is 8.24. The molecule has 1 aromatic carbocycles. The van der Waals surface area contributed by atoms with Crippen LogP contribution in [0.15, 0.2) is 34.2 Å². The van der Waals surface area contributed by atoms with Crippen molar-refractivity contribution in [2.75, 3.05) is 13.7 Å². The van der Waals surface area contributed by atoms with E-state index in [0.29, 0.717) is 23.6 Å². The van der Waals surface area contributed by atoms with Crippen LogP contribution in [0.4, 0.5) is 0 Å². The second-order valence-electron chi connectivity index (χ2n) is 11.8. The molecule has 0 amide bonds. The van der Waals surface area contributed by atoms with E-state index in [-0.39, 0.29) is 29.6 Å². The van der Waals surface area contributed by atoms with Gasteiger partial charge in [-0.2, -0.15) is 0 Å². The highest BCUT2D eigenvalue weighted by Gasteiger charge is 2.47. The van der Waals surface area contributed by atoms with E-state index < -0.39 is 5.97 Å². The molecule has 4 aliphatic rings. The van der Waals surface area contributed by atoms with Gasteiger partial charge in [0.2, 0.25) is 5.71 Å². The number of para-hydroxylation sites is 2. The van der Waals surface area contributed by atoms with Gasteiger partial charge in [-0.25, -0.2) is 9.78 Å². The molecule has 4 bridgehead atoms. The summed E-state index contributed by atoms with van der Waals surface area (Å²) in [6, 6.07) is 9.46. The highest BCUT2D eigenvalue weighted by atomic mass is 16.6. The van der Waals surface area contributed by atoms with E-state index in [1.165, 1.54) is 64.9 Å². The number of rotatable bonds is 6. The van der Waals surface area contributed by atoms with Crippen molar-refractivity contribution < 1.29 is 14.4 Å². The number of esters is 1. The number of fused-ring (bicyclic) bond motifs is 5. The molecule has 2 aliphatic heterocycles. The molecular weight excluding hydrogens is 480 g/mol. The van der Waals surface area contributed by atoms with Gasteiger partial charge < -0.3 is 14.1 Å². The van der Waals surface area contributed by atoms with Crippen LogP contribution in [0, 0.1) is 11.8 Å². The van der Waals surface area contributed by atoms with Crippen molar-refractivity contribution in [3.63, 3.8) is 0 Å². The Hall–Kier alpha value is -2.74. The first-order valence-electron chi connectivity index (χ1n) is 14.6. The van der Waals surface area contributed by atoms with Crippen molar-refractivity contribution in [2.45, 2.75) is 102 Å². The minimum atomic E-state index is -0.700. The number of piperidine rings is 1. The molecule has 2 aromatic rings. The molecule has 8 heteroatoms. The second kappa shape index (κ2) is 10.8. The summed E-state index contributed by atoms with van der Waals surface area (Å²) in [6.07, 6.45) is 14.1. The lowest BCUT2D eigenvalue weighted by atomic mass is 9.76. The Morgan fingerprint density at radius 3 is 2.29 bits per heavy atom. The fourth-order valence-electron chi connectivity index (χ4n) is 8.24. The Labute approximate surface area is 224 Å². The zero-order valence-corrected chi connectivity index (χ0v) is 22.7. The van der Waals surface area contributed by atoms with Crippen LogP contribution in [-0.2, 0) is 14.4 Å². The lowest BCUT2D eigenvalue weighted by molar-refractivity contribution is -0.135. The fraction of sp³-hybridized carbons (Fsp3) is 0.667. The second-order valence-corrected chi connectivity index (χ2v) is 11.8. The third kappa shape index (κ3) is 4.65. The maximum atomic E-state index is 14.0. The number of ether oxygens (including phenoxy) is 1. The van der Waals surface area contributed by atoms with Gasteiger partial charge in [-0.05, 0) is 75.8 Å². The molecule has 8 nitrogen and oxygen atoms in total. The summed E-state index contributed by atoms with van der Waals surface area (Å²) in [7, 11) is 1.35. The largest absolute Gasteiger partial charge is 0.461 e. The average molecular weight is 521 g/mol. The summed E-state index contributed by atoms with van der Waals surface area (Å²) in [4.78, 5) is 39.2. The predicted octanol–water partition coefficient (Wildman–Crippen LogP) is 4.84. The zero-order chi connectivity index (χ0) is 26.2. The van der Waals surface area contributed by atoms with Gasteiger partial charge >= 0.3 is 5.97 Å². The van der Waals surface area contributed by atoms with Crippen molar-refractivity contribution in [1.29, 1.82) is 0 Å². The van der Waals surface area contributed by atoms with Crippen molar-refractivity contribution in [3.05, 3.63) is 40.3 Å². The molecule has 5 atom stereocenters. The van der Waals surface area contributed by atoms with Crippen LogP contribution in [0.5, 0.6) is 0 Å². The number of carbonyl (C=O) groups is 1. The Balaban J connectivity index is 1.34. The van der Waals surface area contributed by atoms with Crippen molar-refractivity contribution in [3.8, 4) is 0 Å². The van der Waals surface area contributed by atoms with E-state index in [4.69, 9.17) is 9.57 Å². The molecule has 38 heavy (non-hydrogen) atoms. The van der Waals surface area contributed by atoms with E-state index in [9.17, 15) is 9.59 Å². The van der Waals surface area contributed by atoms with Gasteiger partial charge in [-0.3, -0.25) is 9.69 Å². The van der Waals surface area contributed by atoms with Crippen molar-refractivity contribution in [1.82, 2.24) is 14.5 Å². The first-order chi connectivity index (χ1) is 18.6. The first-order valence-corrected chi connectivity index (χ1v) is 14.6. The summed E-state index contributed by atoms with van der Waals surface area (Å²) in [5, 5.41) is 3.88. The smallest absolute Gasteiger partial charge is 0.362 e. The molecule has 2 aliphatic carbocycles. The minimum Gasteiger partial charge on any atom is -0.461 e. The van der Waals surface area contributed by atoms with Gasteiger partial charge in [0.1, 0.15) is 7.11 Å². The number of nitrogens with zero attached hydrogens (tertiary/aromatic N) is 4.